The Morgan fingerprint density at radius 1 is 1.17 bits per heavy atom. The molecule has 70 valence electrons. The molecule has 0 aliphatic heterocycles. The zero-order valence-corrected chi connectivity index (χ0v) is 8.53. The molecule has 0 aliphatic rings. The van der Waals surface area contributed by atoms with Gasteiger partial charge in [-0.2, -0.15) is 10.2 Å². The van der Waals surface area contributed by atoms with Gasteiger partial charge in [-0.15, -0.1) is 0 Å². The minimum atomic E-state index is -0.255. The molecule has 0 N–H and O–H groups in total. The zero-order valence-electron chi connectivity index (χ0n) is 8.53. The second-order valence-electron chi connectivity index (χ2n) is 3.56. The van der Waals surface area contributed by atoms with Gasteiger partial charge in [0.25, 0.3) is 0 Å². The van der Waals surface area contributed by atoms with Crippen molar-refractivity contribution in [3.63, 3.8) is 0 Å². The number of carbonyl (C=O) groups excluding carboxylic acids is 1. The Hall–Kier alpha value is -0.730. The lowest BCUT2D eigenvalue weighted by Crippen LogP contribution is -2.28. The fourth-order valence-electron chi connectivity index (χ4n) is 0.985. The van der Waals surface area contributed by atoms with E-state index in [9.17, 15) is 4.79 Å². The zero-order chi connectivity index (χ0) is 9.72. The van der Waals surface area contributed by atoms with E-state index < -0.39 is 0 Å². The first kappa shape index (κ1) is 11.3. The molecule has 0 bridgehead atoms. The van der Waals surface area contributed by atoms with E-state index in [2.05, 4.69) is 10.2 Å². The Morgan fingerprint density at radius 3 is 1.92 bits per heavy atom. The van der Waals surface area contributed by atoms with E-state index in [0.717, 1.165) is 0 Å². The van der Waals surface area contributed by atoms with Gasteiger partial charge < -0.3 is 0 Å². The van der Waals surface area contributed by atoms with Crippen LogP contribution in [0.15, 0.2) is 10.2 Å². The number of carbonyl (C=O) groups is 1. The third kappa shape index (κ3) is 3.11. The van der Waals surface area contributed by atoms with Crippen molar-refractivity contribution >= 4 is 5.78 Å². The van der Waals surface area contributed by atoms with Gasteiger partial charge in [0.15, 0.2) is 5.78 Å². The van der Waals surface area contributed by atoms with Crippen molar-refractivity contribution in [2.75, 3.05) is 7.05 Å². The molecule has 1 atom stereocenters. The summed E-state index contributed by atoms with van der Waals surface area (Å²) in [5, 5.41) is 7.59. The molecule has 0 amide bonds. The summed E-state index contributed by atoms with van der Waals surface area (Å²) in [5.41, 5.74) is 0. The smallest absolute Gasteiger partial charge is 0.161 e. The van der Waals surface area contributed by atoms with E-state index in [-0.39, 0.29) is 23.7 Å². The predicted molar refractivity (Wildman–Crippen MR) is 49.3 cm³/mol. The van der Waals surface area contributed by atoms with E-state index in [1.807, 2.05) is 27.7 Å². The normalized spacial score (nSPS) is 14.6. The lowest BCUT2D eigenvalue weighted by Gasteiger charge is -2.15. The molecular formula is C9H18N2O. The highest BCUT2D eigenvalue weighted by molar-refractivity contribution is 5.85. The lowest BCUT2D eigenvalue weighted by molar-refractivity contribution is -0.124. The highest BCUT2D eigenvalue weighted by atomic mass is 16.1. The molecule has 3 nitrogen and oxygen atoms in total. The Kier molecular flexibility index (Phi) is 4.71. The number of ketones is 1. The maximum Gasteiger partial charge on any atom is 0.161 e. The summed E-state index contributed by atoms with van der Waals surface area (Å²) in [5.74, 6) is 0.460. The second kappa shape index (κ2) is 5.01. The van der Waals surface area contributed by atoms with Crippen molar-refractivity contribution in [1.29, 1.82) is 0 Å². The van der Waals surface area contributed by atoms with Crippen LogP contribution in [0, 0.1) is 11.8 Å². The fourth-order valence-corrected chi connectivity index (χ4v) is 0.985. The maximum atomic E-state index is 11.5. The molecule has 0 aromatic carbocycles. The maximum absolute atomic E-state index is 11.5. The van der Waals surface area contributed by atoms with Gasteiger partial charge in [-0.3, -0.25) is 4.79 Å². The van der Waals surface area contributed by atoms with E-state index in [4.69, 9.17) is 0 Å². The minimum absolute atomic E-state index is 0.0444. The number of hydrogen-bond acceptors (Lipinski definition) is 3. The molecule has 12 heavy (non-hydrogen) atoms. The molecule has 0 spiro atoms. The number of Topliss-reactive ketones (excluding diaryl/α,β-unsaturated/α-hetero) is 1. The molecule has 1 unspecified atom stereocenters. The summed E-state index contributed by atoms with van der Waals surface area (Å²) < 4.78 is 0. The van der Waals surface area contributed by atoms with Gasteiger partial charge in [0, 0.05) is 13.0 Å². The van der Waals surface area contributed by atoms with Crippen LogP contribution in [-0.4, -0.2) is 18.9 Å². The minimum Gasteiger partial charge on any atom is -0.297 e. The molecule has 3 heteroatoms. The number of rotatable bonds is 4. The van der Waals surface area contributed by atoms with E-state index in [1.54, 1.807) is 7.05 Å². The van der Waals surface area contributed by atoms with E-state index in [1.165, 1.54) is 0 Å². The first-order chi connectivity index (χ1) is 5.50. The van der Waals surface area contributed by atoms with Gasteiger partial charge >= 0.3 is 0 Å². The van der Waals surface area contributed by atoms with Gasteiger partial charge in [0.05, 0.1) is 0 Å². The predicted octanol–water partition coefficient (Wildman–Crippen LogP) is 2.32. The summed E-state index contributed by atoms with van der Waals surface area (Å²) >= 11 is 0. The van der Waals surface area contributed by atoms with Crippen molar-refractivity contribution in [3.8, 4) is 0 Å². The van der Waals surface area contributed by atoms with E-state index in [0.29, 0.717) is 0 Å². The standard InChI is InChI=1S/C9H18N2O/c1-6(2)8(11-10-5)9(12)7(3)4/h6-8H,1-5H3. The van der Waals surface area contributed by atoms with Gasteiger partial charge in [-0.1, -0.05) is 27.7 Å². The molecule has 0 aliphatic carbocycles. The van der Waals surface area contributed by atoms with Gasteiger partial charge in [-0.25, -0.2) is 0 Å². The average molecular weight is 170 g/mol. The molecule has 0 rings (SSSR count). The Balaban J connectivity index is 4.40. The molecule has 0 aromatic heterocycles. The molecular weight excluding hydrogens is 152 g/mol. The highest BCUT2D eigenvalue weighted by Gasteiger charge is 2.23. The van der Waals surface area contributed by atoms with Crippen molar-refractivity contribution < 1.29 is 4.79 Å². The number of hydrogen-bond donors (Lipinski definition) is 0. The fraction of sp³-hybridized carbons (Fsp3) is 0.889. The highest BCUT2D eigenvalue weighted by Crippen LogP contribution is 2.12. The van der Waals surface area contributed by atoms with Crippen LogP contribution in [0.3, 0.4) is 0 Å². The summed E-state index contributed by atoms with van der Waals surface area (Å²) in [4.78, 5) is 11.5. The van der Waals surface area contributed by atoms with Crippen LogP contribution in [0.25, 0.3) is 0 Å². The molecule has 0 aromatic rings. The molecule has 0 fully saturated rings. The monoisotopic (exact) mass is 170 g/mol. The van der Waals surface area contributed by atoms with Crippen molar-refractivity contribution in [2.45, 2.75) is 33.7 Å². The second-order valence-corrected chi connectivity index (χ2v) is 3.56. The third-order valence-electron chi connectivity index (χ3n) is 1.73. The number of nitrogens with zero attached hydrogens (tertiary/aromatic N) is 2. The summed E-state index contributed by atoms with van der Waals surface area (Å²) in [7, 11) is 1.60. The van der Waals surface area contributed by atoms with Crippen molar-refractivity contribution in [2.24, 2.45) is 22.1 Å². The molecule has 0 heterocycles. The van der Waals surface area contributed by atoms with Crippen molar-refractivity contribution in [3.05, 3.63) is 0 Å². The van der Waals surface area contributed by atoms with Gasteiger partial charge in [0.2, 0.25) is 0 Å². The largest absolute Gasteiger partial charge is 0.297 e. The summed E-state index contributed by atoms with van der Waals surface area (Å²) in [6, 6.07) is -0.255. The van der Waals surface area contributed by atoms with Crippen molar-refractivity contribution in [1.82, 2.24) is 0 Å². The lowest BCUT2D eigenvalue weighted by atomic mass is 9.94. The molecule has 0 saturated carbocycles. The summed E-state index contributed by atoms with van der Waals surface area (Å²) in [6.45, 7) is 7.76. The third-order valence-corrected chi connectivity index (χ3v) is 1.73. The Bertz CT molecular complexity index is 173. The van der Waals surface area contributed by atoms with Crippen LogP contribution in [0.4, 0.5) is 0 Å². The van der Waals surface area contributed by atoms with Crippen LogP contribution >= 0.6 is 0 Å². The number of azo groups is 1. The Morgan fingerprint density at radius 2 is 1.67 bits per heavy atom. The SMILES string of the molecule is CN=NC(C(=O)C(C)C)C(C)C. The quantitative estimate of drug-likeness (QED) is 0.597. The van der Waals surface area contributed by atoms with Crippen LogP contribution in [-0.2, 0) is 4.79 Å². The van der Waals surface area contributed by atoms with E-state index >= 15 is 0 Å². The van der Waals surface area contributed by atoms with Crippen LogP contribution in [0.5, 0.6) is 0 Å². The first-order valence-corrected chi connectivity index (χ1v) is 4.33. The van der Waals surface area contributed by atoms with Crippen LogP contribution < -0.4 is 0 Å². The summed E-state index contributed by atoms with van der Waals surface area (Å²) in [6.07, 6.45) is 0. The Labute approximate surface area is 74.3 Å². The molecule has 0 radical (unpaired) electrons. The van der Waals surface area contributed by atoms with Crippen LogP contribution in [0.1, 0.15) is 27.7 Å². The average Bonchev–Trinajstić information content (AvgIpc) is 1.98. The topological polar surface area (TPSA) is 41.8 Å². The van der Waals surface area contributed by atoms with Gasteiger partial charge in [-0.05, 0) is 5.92 Å². The van der Waals surface area contributed by atoms with Crippen LogP contribution in [0.2, 0.25) is 0 Å². The first-order valence-electron chi connectivity index (χ1n) is 4.33. The van der Waals surface area contributed by atoms with Gasteiger partial charge in [0.1, 0.15) is 6.04 Å². The molecule has 0 saturated heterocycles.